The van der Waals surface area contributed by atoms with Gasteiger partial charge in [-0.25, -0.2) is 14.4 Å². The molecule has 1 aliphatic heterocycles. The van der Waals surface area contributed by atoms with Gasteiger partial charge in [0.15, 0.2) is 11.9 Å². The van der Waals surface area contributed by atoms with Gasteiger partial charge in [0.25, 0.3) is 0 Å². The van der Waals surface area contributed by atoms with Crippen molar-refractivity contribution in [2.24, 2.45) is 0 Å². The molecule has 1 unspecified atom stereocenters. The average molecular weight is 939 g/mol. The number of anilines is 1. The number of fused-ring (bicyclic) bond motifs is 8. The van der Waals surface area contributed by atoms with E-state index in [0.29, 0.717) is 58.6 Å². The molecule has 1 atom stereocenters. The number of ether oxygens (including phenoxy) is 7. The van der Waals surface area contributed by atoms with Crippen LogP contribution in [0.4, 0.5) is 15.3 Å². The summed E-state index contributed by atoms with van der Waals surface area (Å²) in [5.41, 5.74) is 11.8. The van der Waals surface area contributed by atoms with Crippen molar-refractivity contribution in [3.05, 3.63) is 185 Å². The summed E-state index contributed by atoms with van der Waals surface area (Å²) in [5.74, 6) is 1.51. The molecule has 13 nitrogen and oxygen atoms in total. The molecule has 0 spiro atoms. The maximum absolute atomic E-state index is 13.2. The van der Waals surface area contributed by atoms with Gasteiger partial charge in [-0.05, 0) is 81.6 Å². The Morgan fingerprint density at radius 2 is 1.20 bits per heavy atom. The van der Waals surface area contributed by atoms with Crippen molar-refractivity contribution in [1.82, 2.24) is 5.32 Å². The third-order valence-electron chi connectivity index (χ3n) is 13.1. The van der Waals surface area contributed by atoms with Crippen LogP contribution in [-0.4, -0.2) is 63.4 Å². The van der Waals surface area contributed by atoms with Gasteiger partial charge in [-0.1, -0.05) is 109 Å². The van der Waals surface area contributed by atoms with E-state index in [1.54, 1.807) is 36.4 Å². The van der Waals surface area contributed by atoms with Crippen molar-refractivity contribution in [3.8, 4) is 56.8 Å². The molecule has 0 fully saturated rings. The number of para-hydroxylation sites is 1. The zero-order valence-corrected chi connectivity index (χ0v) is 38.6. The van der Waals surface area contributed by atoms with E-state index in [9.17, 15) is 19.5 Å². The van der Waals surface area contributed by atoms with Crippen molar-refractivity contribution < 1.29 is 52.6 Å². The lowest BCUT2D eigenvalue weighted by atomic mass is 9.98. The van der Waals surface area contributed by atoms with Gasteiger partial charge >= 0.3 is 18.2 Å². The van der Waals surface area contributed by atoms with Crippen molar-refractivity contribution >= 4 is 23.8 Å². The van der Waals surface area contributed by atoms with Crippen molar-refractivity contribution in [3.63, 3.8) is 0 Å². The highest BCUT2D eigenvalue weighted by atomic mass is 16.6. The predicted octanol–water partition coefficient (Wildman–Crippen LogP) is 11.5. The van der Waals surface area contributed by atoms with Gasteiger partial charge in [-0.15, -0.1) is 0 Å². The number of benzene rings is 7. The molecule has 0 saturated carbocycles. The van der Waals surface area contributed by atoms with Crippen LogP contribution in [0, 0.1) is 0 Å². The van der Waals surface area contributed by atoms with Gasteiger partial charge in [-0.3, -0.25) is 5.32 Å². The van der Waals surface area contributed by atoms with Crippen LogP contribution in [-0.2, 0) is 27.2 Å². The third kappa shape index (κ3) is 9.25. The maximum Gasteiger partial charge on any atom is 0.411 e. The summed E-state index contributed by atoms with van der Waals surface area (Å²) in [6.45, 7) is 0.613. The third-order valence-corrected chi connectivity index (χ3v) is 13.1. The fraction of sp³-hybridized carbons (Fsp3) is 0.211. The number of carboxylic acid groups (broad SMARTS) is 1. The quantitative estimate of drug-likeness (QED) is 0.0746. The van der Waals surface area contributed by atoms with Crippen LogP contribution < -0.4 is 34.3 Å². The first-order valence-corrected chi connectivity index (χ1v) is 23.2. The first kappa shape index (κ1) is 45.3. The molecule has 0 aromatic heterocycles. The van der Waals surface area contributed by atoms with Crippen molar-refractivity contribution in [2.45, 2.75) is 43.7 Å². The van der Waals surface area contributed by atoms with E-state index < -0.39 is 24.3 Å². The van der Waals surface area contributed by atoms with E-state index in [-0.39, 0.29) is 44.6 Å². The summed E-state index contributed by atoms with van der Waals surface area (Å²) in [5, 5.41) is 15.8. The van der Waals surface area contributed by atoms with E-state index >= 15 is 0 Å². The van der Waals surface area contributed by atoms with Crippen LogP contribution in [0.25, 0.3) is 22.3 Å². The number of carbonyl (C=O) groups excluding carboxylic acids is 2. The van der Waals surface area contributed by atoms with E-state index in [2.05, 4.69) is 59.2 Å². The fourth-order valence-corrected chi connectivity index (χ4v) is 9.75. The molecule has 2 aliphatic carbocycles. The van der Waals surface area contributed by atoms with Crippen LogP contribution in [0.3, 0.4) is 0 Å². The molecular weight excluding hydrogens is 889 g/mol. The Bertz CT molecular complexity index is 3000. The first-order chi connectivity index (χ1) is 34.3. The maximum atomic E-state index is 13.2. The van der Waals surface area contributed by atoms with Gasteiger partial charge in [-0.2, -0.15) is 0 Å². The lowest BCUT2D eigenvalue weighted by molar-refractivity contribution is -0.145. The van der Waals surface area contributed by atoms with E-state index in [1.807, 2.05) is 60.7 Å². The molecule has 2 amide bonds. The summed E-state index contributed by atoms with van der Waals surface area (Å²) in [7, 11) is 3.03. The van der Waals surface area contributed by atoms with Crippen molar-refractivity contribution in [1.29, 1.82) is 0 Å². The molecule has 7 aromatic rings. The zero-order chi connectivity index (χ0) is 48.1. The Balaban J connectivity index is 0.705. The first-order valence-electron chi connectivity index (χ1n) is 23.2. The van der Waals surface area contributed by atoms with Crippen LogP contribution in [0.2, 0.25) is 0 Å². The monoisotopic (exact) mass is 938 g/mol. The second kappa shape index (κ2) is 20.0. The number of carbonyl (C=O) groups is 3. The molecule has 13 heteroatoms. The van der Waals surface area contributed by atoms with Crippen LogP contribution in [0.5, 0.6) is 34.5 Å². The fourth-order valence-electron chi connectivity index (χ4n) is 9.75. The van der Waals surface area contributed by atoms with Crippen LogP contribution in [0.1, 0.15) is 63.6 Å². The summed E-state index contributed by atoms with van der Waals surface area (Å²) >= 11 is 0. The number of amides is 2. The van der Waals surface area contributed by atoms with E-state index in [4.69, 9.17) is 33.2 Å². The summed E-state index contributed by atoms with van der Waals surface area (Å²) in [6.07, 6.45) is -1.34. The second-order valence-corrected chi connectivity index (χ2v) is 17.2. The van der Waals surface area contributed by atoms with Gasteiger partial charge in [0.2, 0.25) is 0 Å². The summed E-state index contributed by atoms with van der Waals surface area (Å²) < 4.78 is 41.2. The number of hydrogen-bond acceptors (Lipinski definition) is 10. The predicted molar refractivity (Wildman–Crippen MR) is 263 cm³/mol. The van der Waals surface area contributed by atoms with Crippen molar-refractivity contribution in [2.75, 3.05) is 39.4 Å². The number of methoxy groups -OCH3 is 2. The number of aliphatic carboxylic acids is 1. The number of alkyl carbamates (subject to hydrolysis) is 1. The Hall–Kier alpha value is -8.45. The summed E-state index contributed by atoms with van der Waals surface area (Å²) in [4.78, 5) is 38.6. The standard InChI is InChI=1S/C57H50N2O11/c1-64-52-29-37(30-53(65-2)46(52)31-58-56(62)67-32-47-42-18-7-3-14-38(42)39-15-4-8-19-43(39)47)66-26-12-23-51(55(60)61)69-36-24-25-50-35(28-36)27-34-13-11-22-49(54(34)70-50)59-57(63)68-33-48-44-20-9-5-16-40(44)41-17-6-10-21-45(41)48/h3-11,13-22,24-25,28-30,47-48,51H,12,23,26-27,31-33H2,1-2H3,(H,58,62)(H,59,63)(H,60,61). The molecule has 0 saturated heterocycles. The Labute approximate surface area is 404 Å². The number of nitrogens with one attached hydrogen (secondary N) is 2. The Kier molecular flexibility index (Phi) is 13.0. The largest absolute Gasteiger partial charge is 0.496 e. The molecular formula is C57H50N2O11. The minimum atomic E-state index is -1.15. The molecule has 7 aromatic carbocycles. The molecule has 0 bridgehead atoms. The Morgan fingerprint density at radius 1 is 0.643 bits per heavy atom. The lowest BCUT2D eigenvalue weighted by Gasteiger charge is -2.24. The highest BCUT2D eigenvalue weighted by molar-refractivity contribution is 5.88. The molecule has 70 heavy (non-hydrogen) atoms. The molecule has 3 aliphatic rings. The average Bonchev–Trinajstić information content (AvgIpc) is 3.89. The highest BCUT2D eigenvalue weighted by Gasteiger charge is 2.31. The SMILES string of the molecule is COc1cc(OCCCC(Oc2ccc3c(c2)Cc2cccc(NC(=O)OCC4c5ccccc5-c5ccccc54)c2O3)C(=O)O)cc(OC)c1CNC(=O)OCC1c2ccccc2-c2ccccc21. The number of carboxylic acids is 1. The molecule has 0 radical (unpaired) electrons. The lowest BCUT2D eigenvalue weighted by Crippen LogP contribution is -2.27. The van der Waals surface area contributed by atoms with Gasteiger partial charge in [0.05, 0.1) is 38.6 Å². The smallest absolute Gasteiger partial charge is 0.411 e. The minimum absolute atomic E-state index is 0.0686. The molecule has 1 heterocycles. The highest BCUT2D eigenvalue weighted by Crippen LogP contribution is 2.47. The zero-order valence-electron chi connectivity index (χ0n) is 38.6. The second-order valence-electron chi connectivity index (χ2n) is 17.2. The van der Waals surface area contributed by atoms with E-state index in [0.717, 1.165) is 55.6 Å². The number of hydrogen-bond donors (Lipinski definition) is 3. The van der Waals surface area contributed by atoms with Gasteiger partial charge in [0, 0.05) is 41.5 Å². The van der Waals surface area contributed by atoms with E-state index in [1.165, 1.54) is 14.2 Å². The normalized spacial score (nSPS) is 13.2. The molecule has 10 rings (SSSR count). The van der Waals surface area contributed by atoms with Crippen LogP contribution in [0.15, 0.2) is 146 Å². The van der Waals surface area contributed by atoms with Crippen LogP contribution >= 0.6 is 0 Å². The molecule has 354 valence electrons. The van der Waals surface area contributed by atoms with Gasteiger partial charge < -0.3 is 43.6 Å². The minimum Gasteiger partial charge on any atom is -0.496 e. The topological polar surface area (TPSA) is 160 Å². The summed E-state index contributed by atoms with van der Waals surface area (Å²) in [6, 6.07) is 46.8. The molecule has 3 N–H and O–H groups in total. The van der Waals surface area contributed by atoms with Gasteiger partial charge in [0.1, 0.15) is 42.0 Å². The number of rotatable bonds is 17. The Morgan fingerprint density at radius 3 is 1.76 bits per heavy atom.